The number of nitrogens with one attached hydrogen (secondary N) is 1. The molecule has 12 heteroatoms. The summed E-state index contributed by atoms with van der Waals surface area (Å²) in [5.41, 5.74) is -0.938. The fourth-order valence-electron chi connectivity index (χ4n) is 3.29. The number of aliphatic hydroxyl groups excluding tert-OH is 1. The standard InChI is InChI=1S/C20H19F5N2O4S/c21-10-12-2-1-11(20(29)26-13-8-15(23)19(25)16(24)9-13)7-18(12)32(30,31)27-5-3-14(22)17(28)4-6-27/h1-2,7-9,14,17,28H,3-6,10H2,(H,26,29). The summed E-state index contributed by atoms with van der Waals surface area (Å²) in [6.07, 6.45) is -3.35. The molecule has 1 heterocycles. The van der Waals surface area contributed by atoms with E-state index in [0.29, 0.717) is 12.1 Å². The maximum Gasteiger partial charge on any atom is 0.255 e. The zero-order chi connectivity index (χ0) is 23.6. The summed E-state index contributed by atoms with van der Waals surface area (Å²) >= 11 is 0. The van der Waals surface area contributed by atoms with E-state index in [1.807, 2.05) is 0 Å². The highest BCUT2D eigenvalue weighted by Crippen LogP contribution is 2.27. The van der Waals surface area contributed by atoms with E-state index in [0.717, 1.165) is 22.5 Å². The number of amides is 1. The van der Waals surface area contributed by atoms with Gasteiger partial charge in [-0.2, -0.15) is 4.31 Å². The summed E-state index contributed by atoms with van der Waals surface area (Å²) in [6, 6.07) is 4.16. The summed E-state index contributed by atoms with van der Waals surface area (Å²) in [6.45, 7) is -1.63. The molecule has 1 fully saturated rings. The third-order valence-corrected chi connectivity index (χ3v) is 7.06. The molecule has 32 heavy (non-hydrogen) atoms. The molecule has 0 aliphatic carbocycles. The van der Waals surface area contributed by atoms with Gasteiger partial charge in [-0.1, -0.05) is 6.07 Å². The summed E-state index contributed by atoms with van der Waals surface area (Å²) < 4.78 is 94.1. The average Bonchev–Trinajstić information content (AvgIpc) is 2.92. The highest BCUT2D eigenvalue weighted by Gasteiger charge is 2.33. The predicted molar refractivity (Wildman–Crippen MR) is 104 cm³/mol. The van der Waals surface area contributed by atoms with Gasteiger partial charge in [0.2, 0.25) is 10.0 Å². The van der Waals surface area contributed by atoms with E-state index in [-0.39, 0.29) is 37.1 Å². The molecule has 2 N–H and O–H groups in total. The zero-order valence-electron chi connectivity index (χ0n) is 16.5. The Balaban J connectivity index is 1.92. The summed E-state index contributed by atoms with van der Waals surface area (Å²) in [5.74, 6) is -5.77. The first-order chi connectivity index (χ1) is 15.0. The minimum Gasteiger partial charge on any atom is -0.390 e. The van der Waals surface area contributed by atoms with Crippen molar-refractivity contribution in [2.75, 3.05) is 18.4 Å². The van der Waals surface area contributed by atoms with Gasteiger partial charge >= 0.3 is 0 Å². The molecule has 0 radical (unpaired) electrons. The van der Waals surface area contributed by atoms with Gasteiger partial charge in [-0.3, -0.25) is 4.79 Å². The normalized spacial score (nSPS) is 20.1. The van der Waals surface area contributed by atoms with Crippen molar-refractivity contribution in [3.8, 4) is 0 Å². The van der Waals surface area contributed by atoms with Gasteiger partial charge in [0.25, 0.3) is 5.91 Å². The molecule has 2 aromatic rings. The van der Waals surface area contributed by atoms with Gasteiger partial charge in [0.1, 0.15) is 12.8 Å². The highest BCUT2D eigenvalue weighted by molar-refractivity contribution is 7.89. The third-order valence-electron chi connectivity index (χ3n) is 5.08. The minimum absolute atomic E-state index is 0.159. The summed E-state index contributed by atoms with van der Waals surface area (Å²) in [5, 5.41) is 11.8. The van der Waals surface area contributed by atoms with Crippen LogP contribution in [0.5, 0.6) is 0 Å². The second-order valence-electron chi connectivity index (χ2n) is 7.23. The van der Waals surface area contributed by atoms with Crippen LogP contribution in [0.4, 0.5) is 27.6 Å². The van der Waals surface area contributed by atoms with Crippen molar-refractivity contribution in [3.63, 3.8) is 0 Å². The van der Waals surface area contributed by atoms with Crippen LogP contribution in [0.2, 0.25) is 0 Å². The number of halogens is 5. The van der Waals surface area contributed by atoms with Crippen LogP contribution in [0.15, 0.2) is 35.2 Å². The molecule has 1 aliphatic heterocycles. The topological polar surface area (TPSA) is 86.7 Å². The van der Waals surface area contributed by atoms with Gasteiger partial charge in [-0.15, -0.1) is 0 Å². The van der Waals surface area contributed by atoms with Crippen molar-refractivity contribution in [3.05, 3.63) is 58.9 Å². The molecular weight excluding hydrogens is 459 g/mol. The first kappa shape index (κ1) is 24.1. The van der Waals surface area contributed by atoms with E-state index in [9.17, 15) is 40.3 Å². The van der Waals surface area contributed by atoms with Gasteiger partial charge in [-0.05, 0) is 25.0 Å². The fraction of sp³-hybridized carbons (Fsp3) is 0.350. The summed E-state index contributed by atoms with van der Waals surface area (Å²) in [4.78, 5) is 12.0. The van der Waals surface area contributed by atoms with Crippen LogP contribution >= 0.6 is 0 Å². The number of carbonyl (C=O) groups is 1. The molecule has 2 unspecified atom stereocenters. The van der Waals surface area contributed by atoms with Crippen molar-refractivity contribution in [2.24, 2.45) is 0 Å². The average molecular weight is 478 g/mol. The van der Waals surface area contributed by atoms with E-state index in [1.54, 1.807) is 0 Å². The Labute approximate surface area is 180 Å². The van der Waals surface area contributed by atoms with Crippen LogP contribution in [-0.4, -0.2) is 49.1 Å². The Bertz CT molecular complexity index is 1090. The third kappa shape index (κ3) is 4.92. The van der Waals surface area contributed by atoms with E-state index >= 15 is 0 Å². The number of aliphatic hydroxyl groups is 1. The number of hydrogen-bond donors (Lipinski definition) is 2. The van der Waals surface area contributed by atoms with Crippen LogP contribution in [0.3, 0.4) is 0 Å². The maximum absolute atomic E-state index is 13.7. The van der Waals surface area contributed by atoms with E-state index in [4.69, 9.17) is 0 Å². The number of carbonyl (C=O) groups excluding carboxylic acids is 1. The molecule has 0 bridgehead atoms. The molecule has 2 atom stereocenters. The van der Waals surface area contributed by atoms with Crippen LogP contribution in [0.25, 0.3) is 0 Å². The van der Waals surface area contributed by atoms with Gasteiger partial charge < -0.3 is 10.4 Å². The number of hydrogen-bond acceptors (Lipinski definition) is 4. The Hall–Kier alpha value is -2.57. The maximum atomic E-state index is 13.7. The van der Waals surface area contributed by atoms with Crippen LogP contribution < -0.4 is 5.32 Å². The number of nitrogens with zero attached hydrogens (tertiary/aromatic N) is 1. The van der Waals surface area contributed by atoms with Crippen molar-refractivity contribution in [2.45, 2.75) is 36.7 Å². The lowest BCUT2D eigenvalue weighted by atomic mass is 10.1. The number of alkyl halides is 2. The lowest BCUT2D eigenvalue weighted by Gasteiger charge is -2.21. The van der Waals surface area contributed by atoms with E-state index in [2.05, 4.69) is 5.32 Å². The van der Waals surface area contributed by atoms with Crippen LogP contribution in [0, 0.1) is 17.5 Å². The molecule has 174 valence electrons. The lowest BCUT2D eigenvalue weighted by molar-refractivity contribution is 0.0757. The van der Waals surface area contributed by atoms with E-state index in [1.165, 1.54) is 0 Å². The van der Waals surface area contributed by atoms with Crippen molar-refractivity contribution in [1.29, 1.82) is 0 Å². The Morgan fingerprint density at radius 2 is 1.72 bits per heavy atom. The quantitative estimate of drug-likeness (QED) is 0.510. The Morgan fingerprint density at radius 1 is 1.09 bits per heavy atom. The second kappa shape index (κ2) is 9.51. The van der Waals surface area contributed by atoms with Gasteiger partial charge in [-0.25, -0.2) is 30.4 Å². The van der Waals surface area contributed by atoms with Crippen LogP contribution in [0.1, 0.15) is 28.8 Å². The summed E-state index contributed by atoms with van der Waals surface area (Å²) in [7, 11) is -4.36. The molecule has 0 spiro atoms. The minimum atomic E-state index is -4.36. The van der Waals surface area contributed by atoms with Gasteiger partial charge in [0.05, 0.1) is 11.0 Å². The predicted octanol–water partition coefficient (Wildman–Crippen LogP) is 3.31. The number of anilines is 1. The van der Waals surface area contributed by atoms with Gasteiger partial charge in [0.15, 0.2) is 17.5 Å². The monoisotopic (exact) mass is 478 g/mol. The van der Waals surface area contributed by atoms with E-state index < -0.39 is 62.9 Å². The fourth-order valence-corrected chi connectivity index (χ4v) is 4.98. The molecule has 2 aromatic carbocycles. The molecule has 3 rings (SSSR count). The van der Waals surface area contributed by atoms with Crippen molar-refractivity contribution < 1.29 is 40.3 Å². The first-order valence-electron chi connectivity index (χ1n) is 9.51. The van der Waals surface area contributed by atoms with Crippen molar-refractivity contribution in [1.82, 2.24) is 4.31 Å². The largest absolute Gasteiger partial charge is 0.390 e. The van der Waals surface area contributed by atoms with Gasteiger partial charge in [0, 0.05) is 42.0 Å². The molecule has 1 amide bonds. The highest BCUT2D eigenvalue weighted by atomic mass is 32.2. The molecule has 0 saturated carbocycles. The molecule has 1 saturated heterocycles. The van der Waals surface area contributed by atoms with Crippen molar-refractivity contribution >= 4 is 21.6 Å². The molecule has 6 nitrogen and oxygen atoms in total. The number of sulfonamides is 1. The number of rotatable bonds is 5. The number of benzene rings is 2. The Kier molecular flexibility index (Phi) is 7.16. The smallest absolute Gasteiger partial charge is 0.255 e. The SMILES string of the molecule is O=C(Nc1cc(F)c(F)c(F)c1)c1ccc(CF)c(S(=O)(=O)N2CCC(O)C(F)CC2)c1. The van der Waals surface area contributed by atoms with Crippen LogP contribution in [-0.2, 0) is 16.7 Å². The second-order valence-corrected chi connectivity index (χ2v) is 9.14. The zero-order valence-corrected chi connectivity index (χ0v) is 17.3. The molecule has 1 aliphatic rings. The Morgan fingerprint density at radius 3 is 2.34 bits per heavy atom. The molecule has 0 aromatic heterocycles. The lowest BCUT2D eigenvalue weighted by Crippen LogP contribution is -2.33. The molecular formula is C20H19F5N2O4S. The first-order valence-corrected chi connectivity index (χ1v) is 11.0.